The smallest absolute Gasteiger partial charge is 0.261 e. The molecule has 3 rings (SSSR count). The lowest BCUT2D eigenvalue weighted by Crippen LogP contribution is -2.39. The predicted octanol–water partition coefficient (Wildman–Crippen LogP) is 3.09. The first-order valence-corrected chi connectivity index (χ1v) is 10.5. The number of carbonyl (C=O) groups excluding carboxylic acids is 1. The van der Waals surface area contributed by atoms with Crippen molar-refractivity contribution in [2.75, 3.05) is 17.8 Å². The molecule has 1 amide bonds. The topological polar surface area (TPSA) is 92.5 Å². The number of anilines is 1. The molecule has 0 radical (unpaired) electrons. The standard InChI is InChI=1S/C20H25N3O3S.ClH/c1-14-5-8-17(12-15(14)2)22-27(25,26)19-9-6-16(7-10-19)20(24)23-11-3-4-18(23)13-21;/h5-10,12,18,22H,3-4,11,13,21H2,1-2H3;1H. The molecule has 1 aliphatic heterocycles. The van der Waals surface area contributed by atoms with Crippen LogP contribution in [0, 0.1) is 13.8 Å². The van der Waals surface area contributed by atoms with Crippen LogP contribution < -0.4 is 10.5 Å². The summed E-state index contributed by atoms with van der Waals surface area (Å²) in [6, 6.07) is 11.5. The van der Waals surface area contributed by atoms with E-state index in [2.05, 4.69) is 4.72 Å². The third-order valence-corrected chi connectivity index (χ3v) is 6.48. The highest BCUT2D eigenvalue weighted by atomic mass is 35.5. The zero-order valence-corrected chi connectivity index (χ0v) is 17.6. The Hall–Kier alpha value is -2.09. The van der Waals surface area contributed by atoms with Crippen LogP contribution in [0.15, 0.2) is 47.4 Å². The Bertz CT molecular complexity index is 946. The third-order valence-electron chi connectivity index (χ3n) is 5.08. The molecule has 1 heterocycles. The number of likely N-dealkylation sites (tertiary alicyclic amines) is 1. The zero-order valence-electron chi connectivity index (χ0n) is 16.0. The highest BCUT2D eigenvalue weighted by Gasteiger charge is 2.28. The molecule has 3 N–H and O–H groups in total. The van der Waals surface area contributed by atoms with Gasteiger partial charge in [0.2, 0.25) is 0 Å². The molecule has 1 saturated heterocycles. The van der Waals surface area contributed by atoms with Gasteiger partial charge in [0.1, 0.15) is 0 Å². The van der Waals surface area contributed by atoms with Crippen molar-refractivity contribution in [1.82, 2.24) is 4.90 Å². The quantitative estimate of drug-likeness (QED) is 0.772. The van der Waals surface area contributed by atoms with E-state index in [4.69, 9.17) is 5.73 Å². The van der Waals surface area contributed by atoms with Crippen molar-refractivity contribution in [3.63, 3.8) is 0 Å². The number of rotatable bonds is 5. The second kappa shape index (κ2) is 8.94. The molecule has 2 aromatic rings. The first-order valence-electron chi connectivity index (χ1n) is 9.03. The lowest BCUT2D eigenvalue weighted by molar-refractivity contribution is 0.0741. The minimum atomic E-state index is -3.71. The van der Waals surface area contributed by atoms with Crippen LogP contribution in [-0.2, 0) is 10.0 Å². The number of benzene rings is 2. The van der Waals surface area contributed by atoms with Gasteiger partial charge in [-0.1, -0.05) is 6.07 Å². The van der Waals surface area contributed by atoms with Crippen molar-refractivity contribution in [1.29, 1.82) is 0 Å². The van der Waals surface area contributed by atoms with E-state index in [0.717, 1.165) is 24.0 Å². The molecule has 0 spiro atoms. The summed E-state index contributed by atoms with van der Waals surface area (Å²) in [6.07, 6.45) is 1.86. The molecule has 6 nitrogen and oxygen atoms in total. The lowest BCUT2D eigenvalue weighted by Gasteiger charge is -2.23. The summed E-state index contributed by atoms with van der Waals surface area (Å²) >= 11 is 0. The molecule has 1 unspecified atom stereocenters. The van der Waals surface area contributed by atoms with Crippen LogP contribution in [0.2, 0.25) is 0 Å². The number of amides is 1. The molecule has 152 valence electrons. The van der Waals surface area contributed by atoms with Gasteiger partial charge in [-0.3, -0.25) is 9.52 Å². The molecular formula is C20H26ClN3O3S. The van der Waals surface area contributed by atoms with Gasteiger partial charge in [0.15, 0.2) is 0 Å². The third kappa shape index (κ3) is 4.66. The van der Waals surface area contributed by atoms with Gasteiger partial charge in [-0.2, -0.15) is 0 Å². The van der Waals surface area contributed by atoms with E-state index in [0.29, 0.717) is 24.3 Å². The van der Waals surface area contributed by atoms with Gasteiger partial charge in [-0.25, -0.2) is 8.42 Å². The van der Waals surface area contributed by atoms with Gasteiger partial charge in [0.05, 0.1) is 4.90 Å². The summed E-state index contributed by atoms with van der Waals surface area (Å²) in [7, 11) is -3.71. The number of halogens is 1. The van der Waals surface area contributed by atoms with Crippen LogP contribution in [0.5, 0.6) is 0 Å². The highest BCUT2D eigenvalue weighted by Crippen LogP contribution is 2.22. The van der Waals surface area contributed by atoms with Gasteiger partial charge in [-0.15, -0.1) is 12.4 Å². The van der Waals surface area contributed by atoms with E-state index in [1.807, 2.05) is 19.9 Å². The van der Waals surface area contributed by atoms with E-state index in [1.54, 1.807) is 29.2 Å². The van der Waals surface area contributed by atoms with Crippen LogP contribution in [0.25, 0.3) is 0 Å². The fraction of sp³-hybridized carbons (Fsp3) is 0.350. The van der Waals surface area contributed by atoms with Gasteiger partial charge >= 0.3 is 0 Å². The van der Waals surface area contributed by atoms with Crippen molar-refractivity contribution >= 4 is 34.0 Å². The SMILES string of the molecule is Cc1ccc(NS(=O)(=O)c2ccc(C(=O)N3CCCC3CN)cc2)cc1C.Cl. The molecule has 2 aromatic carbocycles. The van der Waals surface area contributed by atoms with Crippen molar-refractivity contribution in [2.24, 2.45) is 5.73 Å². The van der Waals surface area contributed by atoms with Gasteiger partial charge in [0.25, 0.3) is 15.9 Å². The van der Waals surface area contributed by atoms with Crippen molar-refractivity contribution in [3.8, 4) is 0 Å². The highest BCUT2D eigenvalue weighted by molar-refractivity contribution is 7.92. The minimum Gasteiger partial charge on any atom is -0.334 e. The molecule has 1 aliphatic rings. The number of aryl methyl sites for hydroxylation is 2. The summed E-state index contributed by atoms with van der Waals surface area (Å²) in [5.41, 5.74) is 8.83. The average molecular weight is 424 g/mol. The zero-order chi connectivity index (χ0) is 19.6. The molecule has 0 aliphatic carbocycles. The Morgan fingerprint density at radius 2 is 1.82 bits per heavy atom. The van der Waals surface area contributed by atoms with Crippen LogP contribution in [0.1, 0.15) is 34.3 Å². The van der Waals surface area contributed by atoms with Crippen LogP contribution in [0.4, 0.5) is 5.69 Å². The molecule has 1 fully saturated rings. The Balaban J connectivity index is 0.00000280. The van der Waals surface area contributed by atoms with Crippen molar-refractivity contribution in [2.45, 2.75) is 37.6 Å². The van der Waals surface area contributed by atoms with E-state index < -0.39 is 10.0 Å². The summed E-state index contributed by atoms with van der Waals surface area (Å²) in [4.78, 5) is 14.5. The molecular weight excluding hydrogens is 398 g/mol. The molecule has 0 bridgehead atoms. The van der Waals surface area contributed by atoms with Crippen molar-refractivity contribution < 1.29 is 13.2 Å². The van der Waals surface area contributed by atoms with E-state index in [-0.39, 0.29) is 29.3 Å². The number of hydrogen-bond acceptors (Lipinski definition) is 4. The van der Waals surface area contributed by atoms with E-state index in [9.17, 15) is 13.2 Å². The second-order valence-electron chi connectivity index (χ2n) is 6.96. The number of nitrogens with zero attached hydrogens (tertiary/aromatic N) is 1. The summed E-state index contributed by atoms with van der Waals surface area (Å²) in [5.74, 6) is -0.103. The normalized spacial score (nSPS) is 16.5. The van der Waals surface area contributed by atoms with Crippen LogP contribution in [-0.4, -0.2) is 38.4 Å². The fourth-order valence-electron chi connectivity index (χ4n) is 3.31. The molecule has 0 aromatic heterocycles. The van der Waals surface area contributed by atoms with Crippen LogP contribution in [0.3, 0.4) is 0 Å². The molecule has 1 atom stereocenters. The van der Waals surface area contributed by atoms with Crippen LogP contribution >= 0.6 is 12.4 Å². The average Bonchev–Trinajstić information content (AvgIpc) is 3.13. The van der Waals surface area contributed by atoms with Gasteiger partial charge in [-0.05, 0) is 74.2 Å². The maximum Gasteiger partial charge on any atom is 0.261 e. The lowest BCUT2D eigenvalue weighted by atomic mass is 10.1. The number of nitrogens with two attached hydrogens (primary N) is 1. The Morgan fingerprint density at radius 1 is 1.14 bits per heavy atom. The van der Waals surface area contributed by atoms with E-state index >= 15 is 0 Å². The summed E-state index contributed by atoms with van der Waals surface area (Å²) in [6.45, 7) is 5.03. The van der Waals surface area contributed by atoms with Crippen molar-refractivity contribution in [3.05, 3.63) is 59.2 Å². The Morgan fingerprint density at radius 3 is 2.43 bits per heavy atom. The fourth-order valence-corrected chi connectivity index (χ4v) is 4.36. The monoisotopic (exact) mass is 423 g/mol. The Labute approximate surface area is 172 Å². The summed E-state index contributed by atoms with van der Waals surface area (Å²) < 4.78 is 27.8. The predicted molar refractivity (Wildman–Crippen MR) is 114 cm³/mol. The number of nitrogens with one attached hydrogen (secondary N) is 1. The first kappa shape index (κ1) is 22.2. The summed E-state index contributed by atoms with van der Waals surface area (Å²) in [5, 5.41) is 0. The second-order valence-corrected chi connectivity index (χ2v) is 8.64. The first-order chi connectivity index (χ1) is 12.8. The molecule has 28 heavy (non-hydrogen) atoms. The number of sulfonamides is 1. The number of carbonyl (C=O) groups is 1. The number of hydrogen-bond donors (Lipinski definition) is 2. The van der Waals surface area contributed by atoms with Gasteiger partial charge < -0.3 is 10.6 Å². The minimum absolute atomic E-state index is 0. The Kier molecular flexibility index (Phi) is 7.09. The van der Waals surface area contributed by atoms with Gasteiger partial charge in [0, 0.05) is 30.4 Å². The molecule has 0 saturated carbocycles. The maximum atomic E-state index is 12.6. The maximum absolute atomic E-state index is 12.6. The van der Waals surface area contributed by atoms with E-state index in [1.165, 1.54) is 12.1 Å². The largest absolute Gasteiger partial charge is 0.334 e. The molecule has 8 heteroatoms.